The average Bonchev–Trinajstić information content (AvgIpc) is 3.38. The summed E-state index contributed by atoms with van der Waals surface area (Å²) in [6.45, 7) is 7.09. The van der Waals surface area contributed by atoms with Gasteiger partial charge in [-0.1, -0.05) is 32.1 Å². The monoisotopic (exact) mass is 421 g/mol. The van der Waals surface area contributed by atoms with Crippen molar-refractivity contribution in [3.05, 3.63) is 59.3 Å². The van der Waals surface area contributed by atoms with Crippen molar-refractivity contribution in [2.75, 3.05) is 16.8 Å². The maximum Gasteiger partial charge on any atom is 0.233 e. The lowest BCUT2D eigenvalue weighted by Gasteiger charge is -2.25. The summed E-state index contributed by atoms with van der Waals surface area (Å²) in [5.41, 5.74) is 1.97. The molecule has 2 N–H and O–H groups in total. The molecule has 1 aromatic carbocycles. The molecule has 1 aliphatic heterocycles. The van der Waals surface area contributed by atoms with Crippen LogP contribution in [0.4, 0.5) is 22.1 Å². The smallest absolute Gasteiger partial charge is 0.233 e. The number of H-pyrrole nitrogens is 1. The van der Waals surface area contributed by atoms with Gasteiger partial charge in [0.15, 0.2) is 5.82 Å². The Labute approximate surface area is 181 Å². The van der Waals surface area contributed by atoms with Crippen molar-refractivity contribution < 1.29 is 4.39 Å². The van der Waals surface area contributed by atoms with Crippen molar-refractivity contribution in [3.63, 3.8) is 0 Å². The van der Waals surface area contributed by atoms with E-state index in [1.807, 2.05) is 37.3 Å². The Morgan fingerprint density at radius 3 is 2.77 bits per heavy atom. The van der Waals surface area contributed by atoms with Gasteiger partial charge in [-0.25, -0.2) is 4.39 Å². The first-order valence-corrected chi connectivity index (χ1v) is 10.7. The molecule has 3 heterocycles. The molecule has 0 amide bonds. The zero-order chi connectivity index (χ0) is 21.8. The number of allylic oxidation sites excluding steroid dienone is 1. The van der Waals surface area contributed by atoms with Gasteiger partial charge in [-0.2, -0.15) is 20.1 Å². The third-order valence-corrected chi connectivity index (χ3v) is 5.21. The summed E-state index contributed by atoms with van der Waals surface area (Å²) in [4.78, 5) is 16.3. The molecule has 1 atom stereocenters. The quantitative estimate of drug-likeness (QED) is 0.555. The lowest BCUT2D eigenvalue weighted by molar-refractivity contribution is 0.612. The topological polar surface area (TPSA) is 82.6 Å². The van der Waals surface area contributed by atoms with E-state index >= 15 is 0 Å². The predicted octanol–water partition coefficient (Wildman–Crippen LogP) is 5.05. The van der Waals surface area contributed by atoms with Crippen molar-refractivity contribution in [2.45, 2.75) is 46.1 Å². The van der Waals surface area contributed by atoms with E-state index < -0.39 is 0 Å². The number of anilines is 3. The lowest BCUT2D eigenvalue weighted by atomic mass is 10.0. The minimum Gasteiger partial charge on any atom is -0.334 e. The van der Waals surface area contributed by atoms with Crippen LogP contribution in [0, 0.1) is 11.7 Å². The van der Waals surface area contributed by atoms with Crippen LogP contribution < -0.4 is 10.2 Å². The second kappa shape index (κ2) is 9.24. The fourth-order valence-corrected chi connectivity index (χ4v) is 3.87. The molecule has 2 aromatic heterocycles. The van der Waals surface area contributed by atoms with Crippen LogP contribution in [-0.2, 0) is 6.42 Å². The van der Waals surface area contributed by atoms with Crippen LogP contribution in [0.1, 0.15) is 56.7 Å². The standard InChI is InChI=1S/C23H28FN7/c1-4-6-18-14-21(30-29-18)26-22-25-20(13-15(2)3)27-23(28-22)31-12-5-7-19(31)16-8-10-17(24)11-9-16/h4,6,8-11,14-15,19H,5,7,12-13H2,1-3H3,(H2,25,26,27,28,29,30)/b6-4+. The van der Waals surface area contributed by atoms with Crippen LogP contribution in [0.2, 0.25) is 0 Å². The van der Waals surface area contributed by atoms with Crippen molar-refractivity contribution in [2.24, 2.45) is 5.92 Å². The molecule has 0 aliphatic carbocycles. The van der Waals surface area contributed by atoms with Crippen molar-refractivity contribution in [1.29, 1.82) is 0 Å². The largest absolute Gasteiger partial charge is 0.334 e. The normalized spacial score (nSPS) is 16.5. The van der Waals surface area contributed by atoms with Crippen LogP contribution in [0.25, 0.3) is 6.08 Å². The maximum atomic E-state index is 13.4. The molecule has 7 nitrogen and oxygen atoms in total. The maximum absolute atomic E-state index is 13.4. The molecule has 4 rings (SSSR count). The number of aromatic nitrogens is 5. The van der Waals surface area contributed by atoms with Gasteiger partial charge in [-0.15, -0.1) is 0 Å². The van der Waals surface area contributed by atoms with Crippen LogP contribution >= 0.6 is 0 Å². The fraction of sp³-hybridized carbons (Fsp3) is 0.391. The number of hydrogen-bond donors (Lipinski definition) is 2. The second-order valence-corrected chi connectivity index (χ2v) is 8.21. The Kier molecular flexibility index (Phi) is 6.25. The second-order valence-electron chi connectivity index (χ2n) is 8.21. The number of nitrogens with one attached hydrogen (secondary N) is 2. The van der Waals surface area contributed by atoms with E-state index in [1.54, 1.807) is 0 Å². The van der Waals surface area contributed by atoms with Gasteiger partial charge in [0.2, 0.25) is 11.9 Å². The number of aromatic amines is 1. The summed E-state index contributed by atoms with van der Waals surface area (Å²) in [5, 5.41) is 10.5. The summed E-state index contributed by atoms with van der Waals surface area (Å²) in [5.74, 6) is 2.71. The molecule has 0 saturated carbocycles. The van der Waals surface area contributed by atoms with E-state index in [2.05, 4.69) is 39.2 Å². The van der Waals surface area contributed by atoms with Crippen LogP contribution in [0.3, 0.4) is 0 Å². The highest BCUT2D eigenvalue weighted by Crippen LogP contribution is 2.35. The zero-order valence-corrected chi connectivity index (χ0v) is 18.1. The Morgan fingerprint density at radius 1 is 1.23 bits per heavy atom. The number of rotatable bonds is 7. The summed E-state index contributed by atoms with van der Waals surface area (Å²) in [6.07, 6.45) is 6.65. The summed E-state index contributed by atoms with van der Waals surface area (Å²) >= 11 is 0. The van der Waals surface area contributed by atoms with Gasteiger partial charge in [0.1, 0.15) is 11.6 Å². The number of hydrogen-bond acceptors (Lipinski definition) is 6. The first kappa shape index (κ1) is 21.0. The van der Waals surface area contributed by atoms with Crippen molar-refractivity contribution >= 4 is 23.8 Å². The summed E-state index contributed by atoms with van der Waals surface area (Å²) in [6, 6.07) is 8.74. The van der Waals surface area contributed by atoms with Crippen LogP contribution in [0.5, 0.6) is 0 Å². The third kappa shape index (κ3) is 5.07. The molecule has 8 heteroatoms. The first-order chi connectivity index (χ1) is 15.0. The highest BCUT2D eigenvalue weighted by Gasteiger charge is 2.29. The average molecular weight is 422 g/mol. The van der Waals surface area contributed by atoms with Crippen molar-refractivity contribution in [3.8, 4) is 0 Å². The fourth-order valence-electron chi connectivity index (χ4n) is 3.87. The van der Waals surface area contributed by atoms with E-state index in [1.165, 1.54) is 12.1 Å². The first-order valence-electron chi connectivity index (χ1n) is 10.7. The molecule has 3 aromatic rings. The highest BCUT2D eigenvalue weighted by molar-refractivity contribution is 5.55. The van der Waals surface area contributed by atoms with Gasteiger partial charge in [0.25, 0.3) is 0 Å². The van der Waals surface area contributed by atoms with Gasteiger partial charge in [0, 0.05) is 19.0 Å². The molecule has 0 spiro atoms. The number of halogens is 1. The minimum atomic E-state index is -0.226. The van der Waals surface area contributed by atoms with Crippen molar-refractivity contribution in [1.82, 2.24) is 25.1 Å². The highest BCUT2D eigenvalue weighted by atomic mass is 19.1. The number of benzene rings is 1. The van der Waals surface area contributed by atoms with E-state index in [4.69, 9.17) is 9.97 Å². The zero-order valence-electron chi connectivity index (χ0n) is 18.1. The summed E-state index contributed by atoms with van der Waals surface area (Å²) < 4.78 is 13.4. The predicted molar refractivity (Wildman–Crippen MR) is 121 cm³/mol. The van der Waals surface area contributed by atoms with Gasteiger partial charge in [-0.05, 0) is 49.5 Å². The third-order valence-electron chi connectivity index (χ3n) is 5.21. The molecule has 1 saturated heterocycles. The molecule has 1 fully saturated rings. The van der Waals surface area contributed by atoms with Gasteiger partial charge in [0.05, 0.1) is 11.7 Å². The molecule has 1 aliphatic rings. The molecule has 0 bridgehead atoms. The molecular formula is C23H28FN7. The van der Waals surface area contributed by atoms with Gasteiger partial charge in [-0.3, -0.25) is 5.10 Å². The Bertz CT molecular complexity index is 1040. The van der Waals surface area contributed by atoms with E-state index in [9.17, 15) is 4.39 Å². The molecule has 0 radical (unpaired) electrons. The van der Waals surface area contributed by atoms with Gasteiger partial charge >= 0.3 is 0 Å². The molecule has 1 unspecified atom stereocenters. The van der Waals surface area contributed by atoms with E-state index in [0.717, 1.165) is 42.9 Å². The van der Waals surface area contributed by atoms with E-state index in [-0.39, 0.29) is 11.9 Å². The number of nitrogens with zero attached hydrogens (tertiary/aromatic N) is 5. The molecule has 31 heavy (non-hydrogen) atoms. The van der Waals surface area contributed by atoms with Gasteiger partial charge < -0.3 is 10.2 Å². The van der Waals surface area contributed by atoms with Crippen LogP contribution in [0.15, 0.2) is 36.4 Å². The molecular weight excluding hydrogens is 393 g/mol. The van der Waals surface area contributed by atoms with Crippen LogP contribution in [-0.4, -0.2) is 31.7 Å². The Balaban J connectivity index is 1.65. The molecule has 162 valence electrons. The Morgan fingerprint density at radius 2 is 2.03 bits per heavy atom. The Hall–Kier alpha value is -3.29. The van der Waals surface area contributed by atoms with E-state index in [0.29, 0.717) is 23.6 Å². The summed E-state index contributed by atoms with van der Waals surface area (Å²) in [7, 11) is 0. The SMILES string of the molecule is C/C=C/c1cc(Nc2nc(CC(C)C)nc(N3CCCC3c3ccc(F)cc3)n2)n[nH]1. The lowest BCUT2D eigenvalue weighted by Crippen LogP contribution is -2.26. The minimum absolute atomic E-state index is 0.120.